The number of rotatable bonds is 13. The summed E-state index contributed by atoms with van der Waals surface area (Å²) in [6, 6.07) is 21.4. The van der Waals surface area contributed by atoms with E-state index >= 15 is 0 Å². The molecule has 0 aliphatic heterocycles. The van der Waals surface area contributed by atoms with Gasteiger partial charge in [-0.2, -0.15) is 0 Å². The standard InChI is InChI=1S/C29H41ClOSi/c1-29(2,3)32(27-21-15-13-16-22-27,28-23-17-14-18-24-28)31-26-20-12-10-8-6-4-5-7-9-11-19-25-30/h13-18,21-24H,4-12,19,25H2,1-3H3. The molecule has 174 valence electrons. The Kier molecular flexibility index (Phi) is 12.0. The average molecular weight is 469 g/mol. The zero-order valence-corrected chi connectivity index (χ0v) is 22.1. The molecule has 1 nitrogen and oxygen atoms in total. The van der Waals surface area contributed by atoms with Gasteiger partial charge in [0.2, 0.25) is 0 Å². The Labute approximate surface area is 203 Å². The molecule has 0 aliphatic carbocycles. The van der Waals surface area contributed by atoms with Crippen molar-refractivity contribution in [3.63, 3.8) is 0 Å². The van der Waals surface area contributed by atoms with Crippen molar-refractivity contribution < 1.29 is 4.43 Å². The Morgan fingerprint density at radius 2 is 1.12 bits per heavy atom. The van der Waals surface area contributed by atoms with E-state index < -0.39 is 8.32 Å². The van der Waals surface area contributed by atoms with E-state index in [4.69, 9.17) is 16.0 Å². The van der Waals surface area contributed by atoms with Gasteiger partial charge in [0.25, 0.3) is 0 Å². The molecule has 0 fully saturated rings. The summed E-state index contributed by atoms with van der Waals surface area (Å²) >= 11 is 5.73. The molecule has 0 heterocycles. The van der Waals surface area contributed by atoms with Crippen LogP contribution in [0.3, 0.4) is 0 Å². The zero-order chi connectivity index (χ0) is 23.1. The smallest absolute Gasteiger partial charge is 0.332 e. The number of unbranched alkanes of at least 4 members (excludes halogenated alkanes) is 9. The van der Waals surface area contributed by atoms with Crippen LogP contribution in [0.5, 0.6) is 0 Å². The molecule has 0 aliphatic rings. The molecule has 2 rings (SSSR count). The van der Waals surface area contributed by atoms with E-state index in [9.17, 15) is 0 Å². The van der Waals surface area contributed by atoms with Crippen LogP contribution in [0.15, 0.2) is 60.7 Å². The third-order valence-electron chi connectivity index (χ3n) is 6.13. The maximum absolute atomic E-state index is 6.63. The highest BCUT2D eigenvalue weighted by Crippen LogP contribution is 2.36. The molecule has 0 radical (unpaired) electrons. The summed E-state index contributed by atoms with van der Waals surface area (Å²) in [5, 5.41) is 2.52. The zero-order valence-electron chi connectivity index (χ0n) is 20.3. The highest BCUT2D eigenvalue weighted by Gasteiger charge is 2.52. The van der Waals surface area contributed by atoms with Crippen LogP contribution in [0.1, 0.15) is 85.0 Å². The summed E-state index contributed by atoms with van der Waals surface area (Å²) in [7, 11) is -2.53. The Morgan fingerprint density at radius 1 is 0.688 bits per heavy atom. The molecule has 2 aromatic carbocycles. The second-order valence-corrected chi connectivity index (χ2v) is 14.3. The molecule has 0 spiro atoms. The van der Waals surface area contributed by atoms with Gasteiger partial charge in [0.1, 0.15) is 0 Å². The van der Waals surface area contributed by atoms with Crippen molar-refractivity contribution in [1.29, 1.82) is 0 Å². The van der Waals surface area contributed by atoms with Crippen LogP contribution in [0.2, 0.25) is 5.04 Å². The quantitative estimate of drug-likeness (QED) is 0.127. The Morgan fingerprint density at radius 3 is 1.56 bits per heavy atom. The molecule has 32 heavy (non-hydrogen) atoms. The SMILES string of the molecule is CC(C)(C)[Si](OC#CCCCCCCCCCCCCl)(c1ccccc1)c1ccccc1. The fourth-order valence-electron chi connectivity index (χ4n) is 4.36. The number of hydrogen-bond acceptors (Lipinski definition) is 1. The third-order valence-corrected chi connectivity index (χ3v) is 11.2. The van der Waals surface area contributed by atoms with Crippen molar-refractivity contribution in [3.8, 4) is 12.0 Å². The van der Waals surface area contributed by atoms with E-state index in [1.165, 1.54) is 55.3 Å². The maximum atomic E-state index is 6.63. The highest BCUT2D eigenvalue weighted by molar-refractivity contribution is 6.99. The number of alkyl halides is 1. The van der Waals surface area contributed by atoms with Gasteiger partial charge in [-0.1, -0.05) is 132 Å². The van der Waals surface area contributed by atoms with Crippen molar-refractivity contribution in [1.82, 2.24) is 0 Å². The second-order valence-electron chi connectivity index (χ2n) is 9.67. The molecule has 0 unspecified atom stereocenters. The lowest BCUT2D eigenvalue weighted by molar-refractivity contribution is 0.475. The van der Waals surface area contributed by atoms with Crippen molar-refractivity contribution >= 4 is 30.3 Å². The van der Waals surface area contributed by atoms with Crippen molar-refractivity contribution in [2.45, 2.75) is 90.0 Å². The third kappa shape index (κ3) is 8.02. The first kappa shape index (κ1) is 26.6. The molecule has 0 atom stereocenters. The summed E-state index contributed by atoms with van der Waals surface area (Å²) in [6.45, 7) is 6.86. The minimum atomic E-state index is -2.53. The van der Waals surface area contributed by atoms with Crippen molar-refractivity contribution in [2.75, 3.05) is 5.88 Å². The van der Waals surface area contributed by atoms with Crippen LogP contribution in [0.4, 0.5) is 0 Å². The maximum Gasteiger partial charge on any atom is 0.332 e. The second kappa shape index (κ2) is 14.5. The Balaban J connectivity index is 1.92. The predicted octanol–water partition coefficient (Wildman–Crippen LogP) is 7.66. The van der Waals surface area contributed by atoms with Gasteiger partial charge in [0.15, 0.2) is 0 Å². The van der Waals surface area contributed by atoms with Crippen LogP contribution in [-0.2, 0) is 4.43 Å². The molecule has 0 saturated heterocycles. The van der Waals surface area contributed by atoms with Gasteiger partial charge >= 0.3 is 8.32 Å². The molecular weight excluding hydrogens is 428 g/mol. The largest absolute Gasteiger partial charge is 0.489 e. The van der Waals surface area contributed by atoms with Gasteiger partial charge < -0.3 is 4.43 Å². The normalized spacial score (nSPS) is 11.6. The van der Waals surface area contributed by atoms with Gasteiger partial charge in [0, 0.05) is 17.3 Å². The van der Waals surface area contributed by atoms with E-state index in [1.807, 2.05) is 0 Å². The predicted molar refractivity (Wildman–Crippen MR) is 143 cm³/mol. The first-order chi connectivity index (χ1) is 15.5. The van der Waals surface area contributed by atoms with Crippen LogP contribution < -0.4 is 10.4 Å². The fourth-order valence-corrected chi connectivity index (χ4v) is 8.70. The monoisotopic (exact) mass is 468 g/mol. The summed E-state index contributed by atoms with van der Waals surface area (Å²) in [6.07, 6.45) is 15.6. The molecule has 0 amide bonds. The average Bonchev–Trinajstić information content (AvgIpc) is 2.80. The molecule has 0 saturated carbocycles. The number of hydrogen-bond donors (Lipinski definition) is 0. The van der Waals surface area contributed by atoms with Crippen molar-refractivity contribution in [2.24, 2.45) is 0 Å². The minimum absolute atomic E-state index is 0.0336. The molecule has 3 heteroatoms. The lowest BCUT2D eigenvalue weighted by atomic mass is 10.1. The molecule has 0 bridgehead atoms. The van der Waals surface area contributed by atoms with Gasteiger partial charge in [-0.3, -0.25) is 0 Å². The summed E-state index contributed by atoms with van der Waals surface area (Å²) < 4.78 is 6.63. The fraction of sp³-hybridized carbons (Fsp3) is 0.517. The Hall–Kier alpha value is -1.69. The molecule has 2 aromatic rings. The van der Waals surface area contributed by atoms with Crippen LogP contribution in [0.25, 0.3) is 0 Å². The van der Waals surface area contributed by atoms with Crippen LogP contribution in [0, 0.1) is 12.0 Å². The molecule has 0 N–H and O–H groups in total. The topological polar surface area (TPSA) is 9.23 Å². The van der Waals surface area contributed by atoms with Gasteiger partial charge in [-0.15, -0.1) is 11.6 Å². The summed E-state index contributed by atoms with van der Waals surface area (Å²) in [5.41, 5.74) is 0. The van der Waals surface area contributed by atoms with E-state index in [1.54, 1.807) is 0 Å². The Bertz CT molecular complexity index is 762. The van der Waals surface area contributed by atoms with Crippen LogP contribution in [-0.4, -0.2) is 14.2 Å². The summed E-state index contributed by atoms with van der Waals surface area (Å²) in [5.74, 6) is 4.13. The lowest BCUT2D eigenvalue weighted by Crippen LogP contribution is -2.65. The minimum Gasteiger partial charge on any atom is -0.489 e. The first-order valence-corrected chi connectivity index (χ1v) is 14.8. The van der Waals surface area contributed by atoms with E-state index in [0.29, 0.717) is 0 Å². The molecule has 0 aromatic heterocycles. The number of halogens is 1. The number of benzene rings is 2. The van der Waals surface area contributed by atoms with E-state index in [-0.39, 0.29) is 5.04 Å². The van der Waals surface area contributed by atoms with Gasteiger partial charge in [0.05, 0.1) is 6.11 Å². The van der Waals surface area contributed by atoms with Gasteiger partial charge in [-0.05, 0) is 23.2 Å². The molecular formula is C29H41ClOSi. The van der Waals surface area contributed by atoms with Crippen LogP contribution >= 0.6 is 11.6 Å². The van der Waals surface area contributed by atoms with Crippen molar-refractivity contribution in [3.05, 3.63) is 60.7 Å². The van der Waals surface area contributed by atoms with E-state index in [2.05, 4.69) is 93.5 Å². The summed E-state index contributed by atoms with van der Waals surface area (Å²) in [4.78, 5) is 0. The lowest BCUT2D eigenvalue weighted by Gasteiger charge is -2.40. The van der Waals surface area contributed by atoms with E-state index in [0.717, 1.165) is 25.1 Å². The van der Waals surface area contributed by atoms with Gasteiger partial charge in [-0.25, -0.2) is 0 Å². The highest BCUT2D eigenvalue weighted by atomic mass is 35.5. The first-order valence-electron chi connectivity index (χ1n) is 12.4.